The molecule has 1 aliphatic heterocycles. The van der Waals surface area contributed by atoms with Crippen molar-refractivity contribution < 1.29 is 21.6 Å². The average molecular weight is 888 g/mol. The van der Waals surface area contributed by atoms with Crippen LogP contribution in [0.2, 0.25) is 0 Å². The molecule has 9 rings (SSSR count). The highest BCUT2D eigenvalue weighted by Gasteiger charge is 2.33. The minimum atomic E-state index is -3.99. The van der Waals surface area contributed by atoms with E-state index in [9.17, 15) is 21.6 Å². The first-order chi connectivity index (χ1) is 30.3. The van der Waals surface area contributed by atoms with E-state index in [1.807, 2.05) is 86.8 Å². The number of aromatic amines is 2. The lowest BCUT2D eigenvalue weighted by Crippen LogP contribution is -2.40. The van der Waals surface area contributed by atoms with Crippen LogP contribution >= 0.6 is 0 Å². The Morgan fingerprint density at radius 2 is 1.48 bits per heavy atom. The van der Waals surface area contributed by atoms with Crippen LogP contribution in [0.1, 0.15) is 42.1 Å². The molecule has 3 atom stereocenters. The minimum absolute atomic E-state index is 0.0670. The molecule has 5 N–H and O–H groups in total. The van der Waals surface area contributed by atoms with Crippen molar-refractivity contribution in [1.82, 2.24) is 43.7 Å². The van der Waals surface area contributed by atoms with Crippen LogP contribution < -0.4 is 14.8 Å². The van der Waals surface area contributed by atoms with Crippen molar-refractivity contribution in [2.75, 3.05) is 40.3 Å². The van der Waals surface area contributed by atoms with Crippen molar-refractivity contribution in [3.63, 3.8) is 0 Å². The number of fused-ring (bicyclic) bond motifs is 4. The maximum absolute atomic E-state index is 14.5. The second-order valence-electron chi connectivity index (χ2n) is 16.9. The maximum atomic E-state index is 14.5. The summed E-state index contributed by atoms with van der Waals surface area (Å²) in [5, 5.41) is 6.93. The molecule has 0 bridgehead atoms. The number of hydrogen-bond donors (Lipinski definition) is 5. The lowest BCUT2D eigenvalue weighted by Gasteiger charge is -2.28. The largest absolute Gasteiger partial charge is 0.361 e. The summed E-state index contributed by atoms with van der Waals surface area (Å²) in [5.41, 5.74) is 6.15. The van der Waals surface area contributed by atoms with E-state index in [0.29, 0.717) is 31.6 Å². The van der Waals surface area contributed by atoms with E-state index in [-0.39, 0.29) is 46.9 Å². The molecule has 0 saturated carbocycles. The normalized spacial score (nSPS) is 16.2. The molecule has 4 aromatic heterocycles. The summed E-state index contributed by atoms with van der Waals surface area (Å²) in [6, 6.07) is 28.1. The summed E-state index contributed by atoms with van der Waals surface area (Å²) < 4.78 is 66.7. The number of para-hydroxylation sites is 2. The third-order valence-electron chi connectivity index (χ3n) is 12.6. The van der Waals surface area contributed by atoms with Crippen molar-refractivity contribution in [3.05, 3.63) is 132 Å². The summed E-state index contributed by atoms with van der Waals surface area (Å²) >= 11 is 0. The third kappa shape index (κ3) is 8.54. The highest BCUT2D eigenvalue weighted by Crippen LogP contribution is 2.34. The Hall–Kier alpha value is -5.75. The van der Waals surface area contributed by atoms with Crippen LogP contribution in [0.15, 0.2) is 126 Å². The van der Waals surface area contributed by atoms with Crippen LogP contribution in [0.5, 0.6) is 0 Å². The van der Waals surface area contributed by atoms with Gasteiger partial charge in [0.25, 0.3) is 0 Å². The van der Waals surface area contributed by atoms with Crippen molar-refractivity contribution in [1.29, 1.82) is 0 Å². The number of hydrogen-bond acceptors (Lipinski definition) is 7. The first kappa shape index (κ1) is 42.5. The lowest BCUT2D eigenvalue weighted by atomic mass is 10.0. The Morgan fingerprint density at radius 1 is 0.794 bits per heavy atom. The minimum Gasteiger partial charge on any atom is -0.361 e. The molecule has 1 fully saturated rings. The molecule has 4 aromatic carbocycles. The van der Waals surface area contributed by atoms with E-state index in [1.165, 1.54) is 6.92 Å². The molecular formula is C47H53N9O5S2. The van der Waals surface area contributed by atoms with Crippen LogP contribution in [0.4, 0.5) is 0 Å². The van der Waals surface area contributed by atoms with Gasteiger partial charge in [-0.1, -0.05) is 42.5 Å². The number of nitrogens with one attached hydrogen (secondary N) is 5. The number of likely N-dealkylation sites (tertiary alicyclic amines) is 1. The third-order valence-corrected chi connectivity index (χ3v) is 15.5. The van der Waals surface area contributed by atoms with Crippen LogP contribution in [0.3, 0.4) is 0 Å². The highest BCUT2D eigenvalue weighted by molar-refractivity contribution is 7.89. The number of H-pyrrole nitrogens is 2. The summed E-state index contributed by atoms with van der Waals surface area (Å²) in [7, 11) is -1.97. The van der Waals surface area contributed by atoms with Crippen LogP contribution in [0.25, 0.3) is 43.6 Å². The number of carbonyl (C=O) groups is 1. The molecule has 0 aliphatic carbocycles. The van der Waals surface area contributed by atoms with Crippen molar-refractivity contribution >= 4 is 69.6 Å². The molecule has 0 spiro atoms. The zero-order valence-corrected chi connectivity index (χ0v) is 37.4. The first-order valence-corrected chi connectivity index (χ1v) is 24.2. The smallest absolute Gasteiger partial charge is 0.240 e. The number of amides is 1. The van der Waals surface area contributed by atoms with E-state index in [2.05, 4.69) is 63.3 Å². The van der Waals surface area contributed by atoms with E-state index >= 15 is 0 Å². The number of rotatable bonds is 16. The van der Waals surface area contributed by atoms with Crippen LogP contribution in [-0.2, 0) is 44.9 Å². The van der Waals surface area contributed by atoms with Crippen molar-refractivity contribution in [2.45, 2.75) is 54.2 Å². The quantitative estimate of drug-likeness (QED) is 0.0776. The second-order valence-corrected chi connectivity index (χ2v) is 20.4. The number of aromatic nitrogens is 4. The van der Waals surface area contributed by atoms with Gasteiger partial charge in [0.1, 0.15) is 0 Å². The molecule has 328 valence electrons. The molecule has 63 heavy (non-hydrogen) atoms. The van der Waals surface area contributed by atoms with E-state index in [0.717, 1.165) is 61.2 Å². The Bertz CT molecular complexity index is 3200. The number of carbonyl (C=O) groups excluding carboxylic acids is 1. The monoisotopic (exact) mass is 887 g/mol. The van der Waals surface area contributed by atoms with Crippen molar-refractivity contribution in [3.8, 4) is 0 Å². The number of sulfonamides is 2. The van der Waals surface area contributed by atoms with Gasteiger partial charge in [0.05, 0.1) is 15.8 Å². The maximum Gasteiger partial charge on any atom is 0.240 e. The van der Waals surface area contributed by atoms with Gasteiger partial charge in [-0.05, 0) is 103 Å². The van der Waals surface area contributed by atoms with Gasteiger partial charge in [-0.2, -0.15) is 0 Å². The molecule has 0 radical (unpaired) electrons. The van der Waals surface area contributed by atoms with Gasteiger partial charge >= 0.3 is 0 Å². The van der Waals surface area contributed by atoms with Gasteiger partial charge in [0.15, 0.2) is 0 Å². The predicted octanol–water partition coefficient (Wildman–Crippen LogP) is 6.15. The van der Waals surface area contributed by atoms with Crippen LogP contribution in [0, 0.1) is 0 Å². The summed E-state index contributed by atoms with van der Waals surface area (Å²) in [5.74, 6) is -0.104. The van der Waals surface area contributed by atoms with Crippen LogP contribution in [-0.4, -0.2) is 98.0 Å². The molecule has 1 saturated heterocycles. The highest BCUT2D eigenvalue weighted by atomic mass is 32.2. The van der Waals surface area contributed by atoms with Gasteiger partial charge in [-0.3, -0.25) is 9.69 Å². The fraction of sp³-hybridized carbons (Fsp3) is 0.298. The van der Waals surface area contributed by atoms with Gasteiger partial charge < -0.3 is 29.3 Å². The first-order valence-electron chi connectivity index (χ1n) is 21.2. The standard InChI is InChI=1S/C47H53N9O5S2/c1-31(57)52-35-18-22-55(28-35)46(27-50-62(58,59)36-14-13-32-15-19-48-41(32)24-36)40-30-56(44-12-8-6-10-38(40)44)21-17-34-23-33-16-20-49-42(33)25-47(34)63(60,61)51-26-45(53(2)3)39-29-54(4)43-11-7-5-9-37(39)43/h5-16,19-20,23-25,29-30,35,45-46,48-51H,17-18,21-22,26-28H2,1-4H3,(H,52,57)/t35-,45?,46?/m1/s1. The molecule has 1 amide bonds. The van der Waals surface area contributed by atoms with Crippen molar-refractivity contribution in [2.24, 2.45) is 7.05 Å². The zero-order valence-electron chi connectivity index (χ0n) is 35.8. The predicted molar refractivity (Wildman–Crippen MR) is 248 cm³/mol. The summed E-state index contributed by atoms with van der Waals surface area (Å²) in [4.78, 5) is 23.0. The number of likely N-dealkylation sites (N-methyl/N-ethyl adjacent to an activating group) is 1. The summed E-state index contributed by atoms with van der Waals surface area (Å²) in [6.07, 6.45) is 8.88. The second kappa shape index (κ2) is 17.1. The Kier molecular flexibility index (Phi) is 11.5. The number of aryl methyl sites for hydroxylation is 3. The van der Waals surface area contributed by atoms with E-state index in [4.69, 9.17) is 0 Å². The molecular weight excluding hydrogens is 835 g/mol. The van der Waals surface area contributed by atoms with E-state index < -0.39 is 20.0 Å². The average Bonchev–Trinajstić information content (AvgIpc) is 4.11. The van der Waals surface area contributed by atoms with E-state index in [1.54, 1.807) is 30.5 Å². The fourth-order valence-corrected chi connectivity index (χ4v) is 11.8. The van der Waals surface area contributed by atoms with Gasteiger partial charge in [0, 0.05) is 116 Å². The molecule has 5 heterocycles. The fourth-order valence-electron chi connectivity index (χ4n) is 9.39. The lowest BCUT2D eigenvalue weighted by molar-refractivity contribution is -0.119. The Labute approximate surface area is 367 Å². The topological polar surface area (TPSA) is 169 Å². The SMILES string of the molecule is CC(=O)N[C@@H]1CCN(C(CNS(=O)(=O)c2ccc3cc[nH]c3c2)c2cn(CCc3cc4cc[nH]c4cc3S(=O)(=O)NCC(c3cn(C)c4ccccc34)N(C)C)c3ccccc23)C1. The molecule has 16 heteroatoms. The molecule has 8 aromatic rings. The van der Waals surface area contributed by atoms with Gasteiger partial charge in [-0.25, -0.2) is 26.3 Å². The number of nitrogens with zero attached hydrogens (tertiary/aromatic N) is 4. The molecule has 14 nitrogen and oxygen atoms in total. The van der Waals surface area contributed by atoms with Gasteiger partial charge in [-0.15, -0.1) is 0 Å². The Morgan fingerprint density at radius 3 is 2.22 bits per heavy atom. The number of benzene rings is 4. The molecule has 1 aliphatic rings. The molecule has 2 unspecified atom stereocenters. The summed E-state index contributed by atoms with van der Waals surface area (Å²) in [6.45, 7) is 3.44. The van der Waals surface area contributed by atoms with Gasteiger partial charge in [0.2, 0.25) is 26.0 Å². The zero-order chi connectivity index (χ0) is 44.0. The Balaban J connectivity index is 1.02.